The number of hydrogen-bond acceptors (Lipinski definition) is 8. The first-order chi connectivity index (χ1) is 15.8. The molecule has 0 spiro atoms. The normalized spacial score (nSPS) is 19.7. The Kier molecular flexibility index (Phi) is 5.71. The van der Waals surface area contributed by atoms with E-state index in [1.807, 2.05) is 0 Å². The Morgan fingerprint density at radius 3 is 2.85 bits per heavy atom. The third-order valence-corrected chi connectivity index (χ3v) is 7.81. The minimum atomic E-state index is -3.25. The van der Waals surface area contributed by atoms with Gasteiger partial charge in [0, 0.05) is 31.9 Å². The number of ether oxygens (including phenoxy) is 1. The summed E-state index contributed by atoms with van der Waals surface area (Å²) in [6, 6.07) is 4.08. The Morgan fingerprint density at radius 1 is 1.21 bits per heavy atom. The van der Waals surface area contributed by atoms with Crippen LogP contribution in [0.3, 0.4) is 0 Å². The van der Waals surface area contributed by atoms with Gasteiger partial charge >= 0.3 is 0 Å². The molecular formula is C22H29N7O3S. The van der Waals surface area contributed by atoms with Gasteiger partial charge in [0.2, 0.25) is 16.0 Å². The van der Waals surface area contributed by atoms with Crippen LogP contribution in [-0.4, -0.2) is 76.9 Å². The molecule has 2 aromatic heterocycles. The van der Waals surface area contributed by atoms with Crippen molar-refractivity contribution >= 4 is 32.7 Å². The van der Waals surface area contributed by atoms with E-state index in [0.717, 1.165) is 49.2 Å². The molecule has 1 N–H and O–H groups in total. The van der Waals surface area contributed by atoms with Crippen LogP contribution in [0.25, 0.3) is 11.0 Å². The van der Waals surface area contributed by atoms with Crippen molar-refractivity contribution in [1.29, 1.82) is 0 Å². The molecule has 0 radical (unpaired) electrons. The molecule has 1 fully saturated rings. The van der Waals surface area contributed by atoms with E-state index in [1.165, 1.54) is 17.4 Å². The van der Waals surface area contributed by atoms with Crippen molar-refractivity contribution in [3.05, 3.63) is 35.7 Å². The van der Waals surface area contributed by atoms with Crippen molar-refractivity contribution in [2.75, 3.05) is 38.8 Å². The maximum atomic E-state index is 12.1. The molecule has 33 heavy (non-hydrogen) atoms. The molecule has 3 aromatic rings. The first-order valence-electron chi connectivity index (χ1n) is 11.1. The second kappa shape index (κ2) is 8.54. The van der Waals surface area contributed by atoms with Gasteiger partial charge in [-0.15, -0.1) is 0 Å². The molecule has 1 saturated heterocycles. The smallest absolute Gasteiger partial charge is 0.229 e. The molecule has 0 amide bonds. The van der Waals surface area contributed by atoms with Crippen molar-refractivity contribution in [2.45, 2.75) is 38.4 Å². The van der Waals surface area contributed by atoms with Crippen molar-refractivity contribution in [3.63, 3.8) is 0 Å². The van der Waals surface area contributed by atoms with E-state index >= 15 is 0 Å². The van der Waals surface area contributed by atoms with E-state index in [1.54, 1.807) is 28.5 Å². The summed E-state index contributed by atoms with van der Waals surface area (Å²) in [6.07, 6.45) is 7.37. The van der Waals surface area contributed by atoms with E-state index in [2.05, 4.69) is 39.5 Å². The van der Waals surface area contributed by atoms with Crippen molar-refractivity contribution in [3.8, 4) is 5.75 Å². The number of methoxy groups -OCH3 is 1. The predicted octanol–water partition coefficient (Wildman–Crippen LogP) is 1.99. The number of benzene rings is 1. The lowest BCUT2D eigenvalue weighted by molar-refractivity contribution is 0.312. The standard InChI is InChI=1S/C22H29N7O3S/c1-27-8-6-15-10-20(32-2)19(9-16(15)13-27)25-22-23-11-17-12-24-28(21(17)26-22)14-18-5-4-7-29(18)33(3,30)31/h9-12,18H,4-8,13-14H2,1-3H3,(H,23,25,26)/t18-/m1/s1. The quantitative estimate of drug-likeness (QED) is 0.582. The molecule has 5 rings (SSSR count). The van der Waals surface area contributed by atoms with Crippen LogP contribution in [0.1, 0.15) is 24.0 Å². The van der Waals surface area contributed by atoms with E-state index in [9.17, 15) is 8.42 Å². The number of fused-ring (bicyclic) bond motifs is 2. The van der Waals surface area contributed by atoms with Gasteiger partial charge in [-0.1, -0.05) is 0 Å². The zero-order valence-electron chi connectivity index (χ0n) is 19.2. The first kappa shape index (κ1) is 22.1. The Bertz CT molecular complexity index is 1290. The monoisotopic (exact) mass is 471 g/mol. The average molecular weight is 472 g/mol. The van der Waals surface area contributed by atoms with Crippen molar-refractivity contribution < 1.29 is 13.2 Å². The zero-order chi connectivity index (χ0) is 23.2. The summed E-state index contributed by atoms with van der Waals surface area (Å²) in [5.41, 5.74) is 4.05. The second-order valence-corrected chi connectivity index (χ2v) is 10.8. The maximum Gasteiger partial charge on any atom is 0.229 e. The molecule has 2 aliphatic rings. The van der Waals surface area contributed by atoms with E-state index < -0.39 is 10.0 Å². The molecular weight excluding hydrogens is 442 g/mol. The van der Waals surface area contributed by atoms with Crippen LogP contribution in [0, 0.1) is 0 Å². The van der Waals surface area contributed by atoms with Crippen LogP contribution in [0.15, 0.2) is 24.5 Å². The Balaban J connectivity index is 1.43. The highest BCUT2D eigenvalue weighted by atomic mass is 32.2. The fourth-order valence-corrected chi connectivity index (χ4v) is 5.98. The second-order valence-electron chi connectivity index (χ2n) is 8.90. The molecule has 1 atom stereocenters. The fraction of sp³-hybridized carbons (Fsp3) is 0.500. The van der Waals surface area contributed by atoms with Gasteiger partial charge in [0.05, 0.1) is 37.2 Å². The third-order valence-electron chi connectivity index (χ3n) is 6.48. The van der Waals surface area contributed by atoms with Crippen LogP contribution in [0.2, 0.25) is 0 Å². The molecule has 0 aliphatic carbocycles. The van der Waals surface area contributed by atoms with Gasteiger partial charge in [-0.3, -0.25) is 0 Å². The first-order valence-corrected chi connectivity index (χ1v) is 13.0. The van der Waals surface area contributed by atoms with Crippen molar-refractivity contribution in [1.82, 2.24) is 29.0 Å². The number of hydrogen-bond donors (Lipinski definition) is 1. The lowest BCUT2D eigenvalue weighted by atomic mass is 9.99. The number of anilines is 2. The zero-order valence-corrected chi connectivity index (χ0v) is 20.0. The summed E-state index contributed by atoms with van der Waals surface area (Å²) in [5, 5.41) is 8.58. The summed E-state index contributed by atoms with van der Waals surface area (Å²) in [6.45, 7) is 2.93. The number of rotatable bonds is 6. The van der Waals surface area contributed by atoms with E-state index in [0.29, 0.717) is 24.7 Å². The molecule has 0 saturated carbocycles. The topological polar surface area (TPSA) is 105 Å². The van der Waals surface area contributed by atoms with Gasteiger partial charge in [0.25, 0.3) is 0 Å². The highest BCUT2D eigenvalue weighted by Crippen LogP contribution is 2.33. The van der Waals surface area contributed by atoms with E-state index in [-0.39, 0.29) is 6.04 Å². The SMILES string of the molecule is COc1cc2c(cc1Nc1ncc3cnn(C[C@H]4CCCN4S(C)(=O)=O)c3n1)CN(C)CC2. The minimum Gasteiger partial charge on any atom is -0.495 e. The minimum absolute atomic E-state index is 0.118. The highest BCUT2D eigenvalue weighted by molar-refractivity contribution is 7.88. The van der Waals surface area contributed by atoms with Crippen LogP contribution in [-0.2, 0) is 29.5 Å². The van der Waals surface area contributed by atoms with Gasteiger partial charge in [0.1, 0.15) is 5.75 Å². The van der Waals surface area contributed by atoms with Crippen LogP contribution < -0.4 is 10.1 Å². The lowest BCUT2D eigenvalue weighted by Gasteiger charge is -2.26. The number of likely N-dealkylation sites (N-methyl/N-ethyl adjacent to an activating group) is 1. The number of sulfonamides is 1. The molecule has 0 unspecified atom stereocenters. The lowest BCUT2D eigenvalue weighted by Crippen LogP contribution is -2.37. The molecule has 176 valence electrons. The van der Waals surface area contributed by atoms with Crippen LogP contribution in [0.5, 0.6) is 5.75 Å². The Labute approximate surface area is 193 Å². The third kappa shape index (κ3) is 4.40. The highest BCUT2D eigenvalue weighted by Gasteiger charge is 2.32. The molecule has 4 heterocycles. The van der Waals surface area contributed by atoms with E-state index in [4.69, 9.17) is 9.72 Å². The molecule has 0 bridgehead atoms. The van der Waals surface area contributed by atoms with Gasteiger partial charge in [0.15, 0.2) is 5.65 Å². The number of nitrogens with zero attached hydrogens (tertiary/aromatic N) is 6. The van der Waals surface area contributed by atoms with Crippen LogP contribution >= 0.6 is 0 Å². The van der Waals surface area contributed by atoms with Gasteiger partial charge in [-0.25, -0.2) is 18.1 Å². The number of nitrogens with one attached hydrogen (secondary N) is 1. The molecule has 10 nitrogen and oxygen atoms in total. The average Bonchev–Trinajstić information content (AvgIpc) is 3.41. The molecule has 1 aromatic carbocycles. The Hall–Kier alpha value is -2.76. The van der Waals surface area contributed by atoms with Gasteiger partial charge in [-0.2, -0.15) is 14.4 Å². The number of aromatic nitrogens is 4. The summed E-state index contributed by atoms with van der Waals surface area (Å²) in [4.78, 5) is 11.5. The largest absolute Gasteiger partial charge is 0.495 e. The molecule has 2 aliphatic heterocycles. The Morgan fingerprint density at radius 2 is 2.06 bits per heavy atom. The maximum absolute atomic E-state index is 12.1. The molecule has 11 heteroatoms. The van der Waals surface area contributed by atoms with Gasteiger partial charge < -0.3 is 15.0 Å². The van der Waals surface area contributed by atoms with Crippen LogP contribution in [0.4, 0.5) is 11.6 Å². The summed E-state index contributed by atoms with van der Waals surface area (Å²) in [5.74, 6) is 1.20. The summed E-state index contributed by atoms with van der Waals surface area (Å²) >= 11 is 0. The predicted molar refractivity (Wildman–Crippen MR) is 126 cm³/mol. The van der Waals surface area contributed by atoms with Gasteiger partial charge in [-0.05, 0) is 49.6 Å². The summed E-state index contributed by atoms with van der Waals surface area (Å²) < 4.78 is 33.2. The van der Waals surface area contributed by atoms with Crippen molar-refractivity contribution in [2.24, 2.45) is 0 Å². The summed E-state index contributed by atoms with van der Waals surface area (Å²) in [7, 11) is 0.535. The fourth-order valence-electron chi connectivity index (χ4n) is 4.80.